The molecule has 3 aromatic rings. The average molecular weight is 656 g/mol. The molecule has 0 amide bonds. The SMILES string of the molecule is COC[C@@H]1/C=C\C=C/[C@H](C(C(=O)OC)C(=O)OC)CC1.[C-]#[O+].[C-]#[O+].[Fe].c1ccc(P(c2ccccc2)c2ccccc2)cc1. The predicted octanol–water partition coefficient (Wildman–Crippen LogP) is 5.10. The van der Waals surface area contributed by atoms with Gasteiger partial charge in [-0.15, -0.1) is 0 Å². The molecule has 0 aromatic heterocycles. The Bertz CT molecular complexity index is 1180. The fraction of sp³-hybridized carbons (Fsp3) is 0.257. The maximum atomic E-state index is 11.8. The minimum absolute atomic E-state index is 0. The molecular formula is C35H37FeO7P. The molecule has 232 valence electrons. The number of allylic oxidation sites excluding steroid dienone is 3. The number of benzene rings is 3. The maximum absolute atomic E-state index is 11.8. The average Bonchev–Trinajstić information content (AvgIpc) is 3.07. The molecule has 7 nitrogen and oxygen atoms in total. The summed E-state index contributed by atoms with van der Waals surface area (Å²) in [5.41, 5.74) is 0. The standard InChI is InChI=1S/C18H15P.C15H22O5.2CO.Fe/c1-4-10-16(11-5-1)19(17-12-6-2-7-13-17)18-14-8-3-9-15-18;1-18-10-11-6-4-5-7-12(9-8-11)13(14(16)19-2)15(17)20-3;2*1-2;/h1-15H;4-7,11-13H,8-10H2,1-3H3;;;/b;6-4-,7-5-;;;/t;11-,12+;;;/m.1.../s1. The second-order valence-corrected chi connectivity index (χ2v) is 11.3. The summed E-state index contributed by atoms with van der Waals surface area (Å²) in [6.45, 7) is 9.62. The maximum Gasteiger partial charge on any atom is 0 e. The van der Waals surface area contributed by atoms with Gasteiger partial charge in [0.25, 0.3) is 0 Å². The van der Waals surface area contributed by atoms with Crippen molar-refractivity contribution in [2.45, 2.75) is 12.8 Å². The molecule has 44 heavy (non-hydrogen) atoms. The van der Waals surface area contributed by atoms with Crippen molar-refractivity contribution < 1.29 is 50.2 Å². The molecule has 0 heterocycles. The van der Waals surface area contributed by atoms with Crippen molar-refractivity contribution in [3.63, 3.8) is 0 Å². The van der Waals surface area contributed by atoms with Crippen LogP contribution in [0.4, 0.5) is 0 Å². The van der Waals surface area contributed by atoms with Gasteiger partial charge in [-0.1, -0.05) is 115 Å². The van der Waals surface area contributed by atoms with Crippen LogP contribution >= 0.6 is 7.92 Å². The van der Waals surface area contributed by atoms with Crippen molar-refractivity contribution >= 4 is 35.8 Å². The summed E-state index contributed by atoms with van der Waals surface area (Å²) in [7, 11) is 3.77. The summed E-state index contributed by atoms with van der Waals surface area (Å²) < 4.78 is 29.6. The van der Waals surface area contributed by atoms with Gasteiger partial charge < -0.3 is 14.2 Å². The molecule has 1 aliphatic rings. The van der Waals surface area contributed by atoms with Gasteiger partial charge in [0.1, 0.15) is 0 Å². The van der Waals surface area contributed by atoms with Crippen LogP contribution in [-0.2, 0) is 50.2 Å². The summed E-state index contributed by atoms with van der Waals surface area (Å²) in [5, 5.41) is 4.19. The molecular weight excluding hydrogens is 619 g/mol. The Kier molecular flexibility index (Phi) is 22.9. The number of hydrogen-bond acceptors (Lipinski definition) is 5. The molecule has 9 heteroatoms. The van der Waals surface area contributed by atoms with E-state index in [0.29, 0.717) is 13.0 Å². The number of carbonyl (C=O) groups is 2. The molecule has 0 saturated carbocycles. The first kappa shape index (κ1) is 40.5. The summed E-state index contributed by atoms with van der Waals surface area (Å²) in [6.07, 6.45) is 9.24. The molecule has 4 rings (SSSR count). The normalized spacial score (nSPS) is 16.2. The van der Waals surface area contributed by atoms with Crippen LogP contribution in [0.3, 0.4) is 0 Å². The number of ether oxygens (including phenoxy) is 3. The Morgan fingerprint density at radius 3 is 1.45 bits per heavy atom. The van der Waals surface area contributed by atoms with Crippen LogP contribution in [-0.4, -0.2) is 39.9 Å². The molecule has 3 aromatic carbocycles. The van der Waals surface area contributed by atoms with Gasteiger partial charge in [0.15, 0.2) is 5.92 Å². The monoisotopic (exact) mass is 656 g/mol. The summed E-state index contributed by atoms with van der Waals surface area (Å²) in [5.74, 6) is -1.96. The van der Waals surface area contributed by atoms with Crippen molar-refractivity contribution in [2.75, 3.05) is 27.9 Å². The van der Waals surface area contributed by atoms with Gasteiger partial charge in [-0.25, -0.2) is 0 Å². The summed E-state index contributed by atoms with van der Waals surface area (Å²) in [6, 6.07) is 32.3. The topological polar surface area (TPSA) is 102 Å². The summed E-state index contributed by atoms with van der Waals surface area (Å²) in [4.78, 5) is 23.6. The molecule has 0 radical (unpaired) electrons. The Labute approximate surface area is 272 Å². The molecule has 0 spiro atoms. The zero-order chi connectivity index (χ0) is 31.9. The van der Waals surface area contributed by atoms with E-state index in [1.54, 1.807) is 7.11 Å². The van der Waals surface area contributed by atoms with E-state index in [-0.39, 0.29) is 28.9 Å². The van der Waals surface area contributed by atoms with Gasteiger partial charge in [0.05, 0.1) is 20.8 Å². The largest absolute Gasteiger partial charge is 0.0622 e. The first-order chi connectivity index (χ1) is 21.1. The van der Waals surface area contributed by atoms with E-state index in [1.165, 1.54) is 30.1 Å². The van der Waals surface area contributed by atoms with Crippen molar-refractivity contribution in [2.24, 2.45) is 17.8 Å². The minimum atomic E-state index is -0.907. The third kappa shape index (κ3) is 13.4. The van der Waals surface area contributed by atoms with Gasteiger partial charge in [-0.2, -0.15) is 0 Å². The third-order valence-corrected chi connectivity index (χ3v) is 8.93. The van der Waals surface area contributed by atoms with Gasteiger partial charge >= 0.3 is 34.5 Å². The van der Waals surface area contributed by atoms with E-state index in [0.717, 1.165) is 6.42 Å². The molecule has 0 N–H and O–H groups in total. The van der Waals surface area contributed by atoms with E-state index >= 15 is 0 Å². The molecule has 0 fully saturated rings. The first-order valence-electron chi connectivity index (χ1n) is 13.4. The van der Waals surface area contributed by atoms with E-state index in [2.05, 4.69) is 110 Å². The van der Waals surface area contributed by atoms with Crippen LogP contribution < -0.4 is 15.9 Å². The van der Waals surface area contributed by atoms with E-state index in [9.17, 15) is 9.59 Å². The quantitative estimate of drug-likeness (QED) is 0.0839. The van der Waals surface area contributed by atoms with Gasteiger partial charge in [0, 0.05) is 36.0 Å². The molecule has 2 atom stereocenters. The molecule has 0 aliphatic heterocycles. The molecule has 0 bridgehead atoms. The van der Waals surface area contributed by atoms with E-state index in [4.69, 9.17) is 23.5 Å². The van der Waals surface area contributed by atoms with Gasteiger partial charge in [-0.3, -0.25) is 9.59 Å². The van der Waals surface area contributed by atoms with Crippen LogP contribution in [0, 0.1) is 31.1 Å². The number of methoxy groups -OCH3 is 3. The molecule has 0 unspecified atom stereocenters. The second-order valence-electron chi connectivity index (χ2n) is 9.09. The van der Waals surface area contributed by atoms with Crippen molar-refractivity contribution in [3.05, 3.63) is 129 Å². The van der Waals surface area contributed by atoms with Crippen LogP contribution in [0.15, 0.2) is 115 Å². The van der Waals surface area contributed by atoms with E-state index in [1.807, 2.05) is 18.2 Å². The number of hydrogen-bond donors (Lipinski definition) is 0. The third-order valence-electron chi connectivity index (χ3n) is 6.49. The van der Waals surface area contributed by atoms with Crippen LogP contribution in [0.2, 0.25) is 0 Å². The van der Waals surface area contributed by atoms with Crippen LogP contribution in [0.1, 0.15) is 12.8 Å². The fourth-order valence-corrected chi connectivity index (χ4v) is 6.84. The summed E-state index contributed by atoms with van der Waals surface area (Å²) >= 11 is 0. The van der Waals surface area contributed by atoms with E-state index < -0.39 is 25.8 Å². The zero-order valence-electron chi connectivity index (χ0n) is 25.0. The van der Waals surface area contributed by atoms with Crippen molar-refractivity contribution in [1.29, 1.82) is 0 Å². The Morgan fingerprint density at radius 2 is 1.09 bits per heavy atom. The van der Waals surface area contributed by atoms with Crippen LogP contribution in [0.25, 0.3) is 0 Å². The number of carbonyl (C=O) groups excluding carboxylic acids is 2. The van der Waals surface area contributed by atoms with Crippen molar-refractivity contribution in [3.8, 4) is 0 Å². The minimum Gasteiger partial charge on any atom is -0.0622 e. The van der Waals surface area contributed by atoms with Crippen LogP contribution in [0.5, 0.6) is 0 Å². The Morgan fingerprint density at radius 1 is 0.705 bits per heavy atom. The smallest absolute Gasteiger partial charge is 0 e. The first-order valence-corrected chi connectivity index (χ1v) is 14.8. The van der Waals surface area contributed by atoms with Crippen molar-refractivity contribution in [1.82, 2.24) is 0 Å². The Hall–Kier alpha value is -3.53. The number of esters is 2. The predicted molar refractivity (Wildman–Crippen MR) is 167 cm³/mol. The molecule has 1 aliphatic carbocycles. The van der Waals surface area contributed by atoms with Gasteiger partial charge in [0.2, 0.25) is 0 Å². The molecule has 0 saturated heterocycles. The second kappa shape index (κ2) is 24.9. The zero-order valence-corrected chi connectivity index (χ0v) is 27.0. The number of rotatable bonds is 8. The van der Waals surface area contributed by atoms with Gasteiger partial charge in [-0.05, 0) is 36.7 Å². The fourth-order valence-electron chi connectivity index (χ4n) is 4.54. The Balaban J connectivity index is 0.000000740.